The van der Waals surface area contributed by atoms with Crippen LogP contribution in [0.4, 0.5) is 8.78 Å². The third-order valence-electron chi connectivity index (χ3n) is 3.90. The maximum Gasteiger partial charge on any atom is 0.129 e. The molecule has 2 rings (SSSR count). The zero-order valence-corrected chi connectivity index (χ0v) is 13.9. The number of benzene rings is 2. The van der Waals surface area contributed by atoms with E-state index >= 15 is 0 Å². The van der Waals surface area contributed by atoms with Crippen molar-refractivity contribution >= 4 is 0 Å². The van der Waals surface area contributed by atoms with E-state index in [4.69, 9.17) is 14.2 Å². The summed E-state index contributed by atoms with van der Waals surface area (Å²) in [5.41, 5.74) is 3.61. The molecule has 0 bridgehead atoms. The fraction of sp³-hybridized carbons (Fsp3) is 0.333. The SMILES string of the molecule is COc1c(C)c(COc2cc(F)cc(F)c2)c(C)c(OC)c1C. The van der Waals surface area contributed by atoms with E-state index in [0.29, 0.717) is 0 Å². The number of methoxy groups -OCH3 is 2. The van der Waals surface area contributed by atoms with Crippen LogP contribution in [0.25, 0.3) is 0 Å². The Kier molecular flexibility index (Phi) is 5.08. The minimum Gasteiger partial charge on any atom is -0.496 e. The normalized spacial score (nSPS) is 10.6. The topological polar surface area (TPSA) is 27.7 Å². The molecule has 0 heterocycles. The van der Waals surface area contributed by atoms with Crippen LogP contribution >= 0.6 is 0 Å². The molecule has 0 atom stereocenters. The van der Waals surface area contributed by atoms with Crippen LogP contribution in [0.5, 0.6) is 17.2 Å². The Balaban J connectivity index is 2.39. The first-order valence-corrected chi connectivity index (χ1v) is 7.18. The van der Waals surface area contributed by atoms with Gasteiger partial charge in [-0.25, -0.2) is 8.78 Å². The van der Waals surface area contributed by atoms with E-state index in [2.05, 4.69) is 0 Å². The van der Waals surface area contributed by atoms with Gasteiger partial charge in [-0.1, -0.05) is 0 Å². The largest absolute Gasteiger partial charge is 0.496 e. The van der Waals surface area contributed by atoms with Crippen LogP contribution in [0.2, 0.25) is 0 Å². The van der Waals surface area contributed by atoms with Gasteiger partial charge in [-0.2, -0.15) is 0 Å². The zero-order chi connectivity index (χ0) is 17.1. The maximum atomic E-state index is 13.2. The second-order valence-electron chi connectivity index (χ2n) is 5.31. The molecule has 0 aliphatic heterocycles. The third-order valence-corrected chi connectivity index (χ3v) is 3.90. The van der Waals surface area contributed by atoms with Crippen LogP contribution in [-0.4, -0.2) is 14.2 Å². The molecule has 0 aromatic heterocycles. The summed E-state index contributed by atoms with van der Waals surface area (Å²) in [6.45, 7) is 5.92. The summed E-state index contributed by atoms with van der Waals surface area (Å²) in [6, 6.07) is 3.11. The van der Waals surface area contributed by atoms with Gasteiger partial charge in [0, 0.05) is 29.3 Å². The third kappa shape index (κ3) is 3.38. The van der Waals surface area contributed by atoms with Crippen molar-refractivity contribution in [2.45, 2.75) is 27.4 Å². The van der Waals surface area contributed by atoms with Gasteiger partial charge >= 0.3 is 0 Å². The Morgan fingerprint density at radius 3 is 1.70 bits per heavy atom. The van der Waals surface area contributed by atoms with Gasteiger partial charge in [-0.3, -0.25) is 0 Å². The minimum atomic E-state index is -0.674. The quantitative estimate of drug-likeness (QED) is 0.812. The molecule has 0 fully saturated rings. The Bertz CT molecular complexity index is 675. The van der Waals surface area contributed by atoms with Crippen molar-refractivity contribution in [3.05, 3.63) is 52.1 Å². The van der Waals surface area contributed by atoms with E-state index < -0.39 is 11.6 Å². The molecule has 0 saturated carbocycles. The summed E-state index contributed by atoms with van der Waals surface area (Å²) in [5, 5.41) is 0. The molecule has 0 spiro atoms. The van der Waals surface area contributed by atoms with Crippen molar-refractivity contribution < 1.29 is 23.0 Å². The number of halogens is 2. The summed E-state index contributed by atoms with van der Waals surface area (Å²) >= 11 is 0. The Morgan fingerprint density at radius 1 is 0.783 bits per heavy atom. The van der Waals surface area contributed by atoms with Gasteiger partial charge in [0.1, 0.15) is 35.5 Å². The molecule has 0 aliphatic carbocycles. The van der Waals surface area contributed by atoms with E-state index in [9.17, 15) is 8.78 Å². The van der Waals surface area contributed by atoms with Gasteiger partial charge in [0.2, 0.25) is 0 Å². The van der Waals surface area contributed by atoms with Crippen molar-refractivity contribution in [3.8, 4) is 17.2 Å². The minimum absolute atomic E-state index is 0.139. The second-order valence-corrected chi connectivity index (χ2v) is 5.31. The van der Waals surface area contributed by atoms with Crippen molar-refractivity contribution in [2.24, 2.45) is 0 Å². The fourth-order valence-electron chi connectivity index (χ4n) is 2.82. The van der Waals surface area contributed by atoms with Crippen LogP contribution in [-0.2, 0) is 6.61 Å². The van der Waals surface area contributed by atoms with Crippen LogP contribution in [0.15, 0.2) is 18.2 Å². The Labute approximate surface area is 134 Å². The van der Waals surface area contributed by atoms with Crippen LogP contribution in [0, 0.1) is 32.4 Å². The summed E-state index contributed by atoms with van der Waals surface area (Å²) in [7, 11) is 3.19. The van der Waals surface area contributed by atoms with Gasteiger partial charge in [0.25, 0.3) is 0 Å². The van der Waals surface area contributed by atoms with Gasteiger partial charge in [-0.05, 0) is 31.9 Å². The molecule has 2 aromatic carbocycles. The maximum absolute atomic E-state index is 13.2. The molecule has 23 heavy (non-hydrogen) atoms. The highest BCUT2D eigenvalue weighted by atomic mass is 19.1. The average molecular weight is 322 g/mol. The van der Waals surface area contributed by atoms with Crippen molar-refractivity contribution in [3.63, 3.8) is 0 Å². The van der Waals surface area contributed by atoms with Crippen LogP contribution < -0.4 is 14.2 Å². The van der Waals surface area contributed by atoms with E-state index in [1.165, 1.54) is 0 Å². The van der Waals surface area contributed by atoms with E-state index in [0.717, 1.165) is 52.0 Å². The second kappa shape index (κ2) is 6.86. The number of hydrogen-bond donors (Lipinski definition) is 0. The lowest BCUT2D eigenvalue weighted by Crippen LogP contribution is -2.07. The van der Waals surface area contributed by atoms with Crippen LogP contribution in [0.1, 0.15) is 22.3 Å². The summed E-state index contributed by atoms with van der Waals surface area (Å²) in [6.07, 6.45) is 0. The lowest BCUT2D eigenvalue weighted by Gasteiger charge is -2.20. The van der Waals surface area contributed by atoms with Gasteiger partial charge in [-0.15, -0.1) is 0 Å². The zero-order valence-electron chi connectivity index (χ0n) is 13.9. The standard InChI is InChI=1S/C18H20F2O3/c1-10-16(9-23-15-7-13(19)6-14(20)8-15)11(2)18(22-5)12(3)17(10)21-4/h6-8H,9H2,1-5H3. The molecule has 0 unspecified atom stereocenters. The molecule has 0 saturated heterocycles. The highest BCUT2D eigenvalue weighted by Gasteiger charge is 2.19. The van der Waals surface area contributed by atoms with Crippen molar-refractivity contribution in [1.29, 1.82) is 0 Å². The van der Waals surface area contributed by atoms with Gasteiger partial charge < -0.3 is 14.2 Å². The molecule has 5 heteroatoms. The smallest absolute Gasteiger partial charge is 0.129 e. The van der Waals surface area contributed by atoms with E-state index in [-0.39, 0.29) is 12.4 Å². The van der Waals surface area contributed by atoms with Crippen molar-refractivity contribution in [2.75, 3.05) is 14.2 Å². The molecule has 0 aliphatic rings. The molecule has 3 nitrogen and oxygen atoms in total. The average Bonchev–Trinajstić information content (AvgIpc) is 2.47. The number of rotatable bonds is 5. The predicted octanol–water partition coefficient (Wildman–Crippen LogP) is 4.49. The lowest BCUT2D eigenvalue weighted by atomic mass is 9.97. The molecule has 0 radical (unpaired) electrons. The monoisotopic (exact) mass is 322 g/mol. The van der Waals surface area contributed by atoms with Gasteiger partial charge in [0.05, 0.1) is 14.2 Å². The molecule has 0 amide bonds. The Morgan fingerprint density at radius 2 is 1.26 bits per heavy atom. The molecular weight excluding hydrogens is 302 g/mol. The summed E-state index contributed by atoms with van der Waals surface area (Å²) in [5.74, 6) is 0.229. The van der Waals surface area contributed by atoms with E-state index in [1.54, 1.807) is 14.2 Å². The summed E-state index contributed by atoms with van der Waals surface area (Å²) in [4.78, 5) is 0. The lowest BCUT2D eigenvalue weighted by molar-refractivity contribution is 0.298. The van der Waals surface area contributed by atoms with E-state index in [1.807, 2.05) is 20.8 Å². The van der Waals surface area contributed by atoms with Crippen molar-refractivity contribution in [1.82, 2.24) is 0 Å². The molecule has 0 N–H and O–H groups in total. The first kappa shape index (κ1) is 17.1. The molecular formula is C18H20F2O3. The predicted molar refractivity (Wildman–Crippen MR) is 84.4 cm³/mol. The number of ether oxygens (including phenoxy) is 3. The summed E-state index contributed by atoms with van der Waals surface area (Å²) < 4.78 is 42.9. The highest BCUT2D eigenvalue weighted by Crippen LogP contribution is 2.38. The van der Waals surface area contributed by atoms with Crippen LogP contribution in [0.3, 0.4) is 0 Å². The molecule has 2 aromatic rings. The van der Waals surface area contributed by atoms with Gasteiger partial charge in [0.15, 0.2) is 0 Å². The fourth-order valence-corrected chi connectivity index (χ4v) is 2.82. The first-order valence-electron chi connectivity index (χ1n) is 7.18. The molecule has 124 valence electrons. The highest BCUT2D eigenvalue weighted by molar-refractivity contribution is 5.58. The Hall–Kier alpha value is -2.30. The number of hydrogen-bond acceptors (Lipinski definition) is 3. The first-order chi connectivity index (χ1) is 10.9.